The predicted octanol–water partition coefficient (Wildman–Crippen LogP) is 7.88. The molecule has 218 valence electrons. The number of carbonyl (C=O) groups is 1. The summed E-state index contributed by atoms with van der Waals surface area (Å²) < 4.78 is 21.8. The van der Waals surface area contributed by atoms with Crippen LogP contribution in [0.5, 0.6) is 5.75 Å². The summed E-state index contributed by atoms with van der Waals surface area (Å²) in [5, 5.41) is 4.53. The van der Waals surface area contributed by atoms with Gasteiger partial charge in [0, 0.05) is 36.5 Å². The number of fused-ring (bicyclic) bond motifs is 3. The smallest absolute Gasteiger partial charge is 0.231 e. The van der Waals surface area contributed by atoms with E-state index in [4.69, 9.17) is 9.72 Å². The highest BCUT2D eigenvalue weighted by Crippen LogP contribution is 2.58. The van der Waals surface area contributed by atoms with E-state index in [1.165, 1.54) is 13.5 Å². The molecule has 1 amide bonds. The topological polar surface area (TPSA) is 60.2 Å². The van der Waals surface area contributed by atoms with Crippen molar-refractivity contribution in [1.82, 2.24) is 14.8 Å². The minimum atomic E-state index is -0.282. The molecule has 0 aliphatic heterocycles. The van der Waals surface area contributed by atoms with E-state index in [0.717, 1.165) is 86.7 Å². The third-order valence-corrected chi connectivity index (χ3v) is 10.4. The number of pyridine rings is 1. The highest BCUT2D eigenvalue weighted by Gasteiger charge is 2.50. The molecular weight excluding hydrogens is 515 g/mol. The van der Waals surface area contributed by atoms with Gasteiger partial charge in [0.05, 0.1) is 13.3 Å². The van der Waals surface area contributed by atoms with Crippen molar-refractivity contribution in [2.45, 2.75) is 95.9 Å². The summed E-state index contributed by atoms with van der Waals surface area (Å²) in [4.78, 5) is 21.0. The standard InChI is InChI=1S/C34H43FN4O2/c1-24(2)39-22-27(21-37-39)26-11-18-36-31(19-26)38(32(40)25-7-5-4-6-8-25)23-33-12-15-34(16-13-33,17-14-33)28-9-10-30(41-3)29(35)20-28/h9-11,18-22,24-25H,4-8,12-17,23H2,1-3H3. The first-order chi connectivity index (χ1) is 19.8. The molecule has 4 fully saturated rings. The molecule has 41 heavy (non-hydrogen) atoms. The zero-order valence-corrected chi connectivity index (χ0v) is 24.7. The molecule has 7 rings (SSSR count). The lowest BCUT2D eigenvalue weighted by molar-refractivity contribution is -0.124. The van der Waals surface area contributed by atoms with Gasteiger partial charge < -0.3 is 4.74 Å². The van der Waals surface area contributed by atoms with Gasteiger partial charge in [-0.3, -0.25) is 14.4 Å². The zero-order chi connectivity index (χ0) is 28.6. The maximum atomic E-state index is 14.6. The van der Waals surface area contributed by atoms with E-state index < -0.39 is 0 Å². The Bertz CT molecular complexity index is 1370. The Labute approximate surface area is 243 Å². The second-order valence-electron chi connectivity index (χ2n) is 13.1. The monoisotopic (exact) mass is 558 g/mol. The van der Waals surface area contributed by atoms with Gasteiger partial charge in [-0.15, -0.1) is 0 Å². The first-order valence-corrected chi connectivity index (χ1v) is 15.5. The van der Waals surface area contributed by atoms with E-state index in [2.05, 4.69) is 37.3 Å². The van der Waals surface area contributed by atoms with Crippen LogP contribution in [0.25, 0.3) is 11.1 Å². The van der Waals surface area contributed by atoms with Gasteiger partial charge in [-0.05, 0) is 111 Å². The van der Waals surface area contributed by atoms with Crippen LogP contribution in [0.2, 0.25) is 0 Å². The molecule has 1 aromatic carbocycles. The van der Waals surface area contributed by atoms with Crippen LogP contribution >= 0.6 is 0 Å². The van der Waals surface area contributed by atoms with E-state index in [9.17, 15) is 9.18 Å². The van der Waals surface area contributed by atoms with E-state index in [0.29, 0.717) is 12.3 Å². The van der Waals surface area contributed by atoms with Gasteiger partial charge in [-0.25, -0.2) is 9.37 Å². The molecule has 4 aliphatic rings. The molecule has 2 bridgehead atoms. The number of aromatic nitrogens is 3. The van der Waals surface area contributed by atoms with Crippen LogP contribution in [0, 0.1) is 17.2 Å². The summed E-state index contributed by atoms with van der Waals surface area (Å²) in [6.07, 6.45) is 17.4. The normalized spacial score (nSPS) is 24.5. The Morgan fingerprint density at radius 1 is 1.05 bits per heavy atom. The molecule has 0 atom stereocenters. The SMILES string of the molecule is COc1ccc(C23CCC(CN(C(=O)C4CCCCC4)c4cc(-c5cnn(C(C)C)c5)ccn4)(CC2)CC3)cc1F. The second-order valence-corrected chi connectivity index (χ2v) is 13.1. The Hall–Kier alpha value is -3.22. The first-order valence-electron chi connectivity index (χ1n) is 15.5. The number of hydrogen-bond acceptors (Lipinski definition) is 4. The molecule has 0 unspecified atom stereocenters. The fourth-order valence-corrected chi connectivity index (χ4v) is 7.62. The lowest BCUT2D eigenvalue weighted by Crippen LogP contribution is -2.51. The summed E-state index contributed by atoms with van der Waals surface area (Å²) >= 11 is 0. The van der Waals surface area contributed by atoms with Crippen LogP contribution in [-0.2, 0) is 10.2 Å². The largest absolute Gasteiger partial charge is 0.494 e. The van der Waals surface area contributed by atoms with Crippen molar-refractivity contribution in [1.29, 1.82) is 0 Å². The van der Waals surface area contributed by atoms with E-state index in [1.54, 1.807) is 12.1 Å². The lowest BCUT2D eigenvalue weighted by atomic mass is 9.51. The van der Waals surface area contributed by atoms with Crippen molar-refractivity contribution in [2.75, 3.05) is 18.6 Å². The molecular formula is C34H43FN4O2. The number of methoxy groups -OCH3 is 1. The molecule has 0 N–H and O–H groups in total. The Morgan fingerprint density at radius 2 is 1.78 bits per heavy atom. The minimum Gasteiger partial charge on any atom is -0.494 e. The lowest BCUT2D eigenvalue weighted by Gasteiger charge is -2.55. The number of rotatable bonds is 8. The quantitative estimate of drug-likeness (QED) is 0.282. The van der Waals surface area contributed by atoms with Crippen molar-refractivity contribution in [3.8, 4) is 16.9 Å². The van der Waals surface area contributed by atoms with Gasteiger partial charge >= 0.3 is 0 Å². The molecule has 0 saturated heterocycles. The van der Waals surface area contributed by atoms with Gasteiger partial charge in [0.1, 0.15) is 5.82 Å². The summed E-state index contributed by atoms with van der Waals surface area (Å²) in [6.45, 7) is 4.94. The van der Waals surface area contributed by atoms with Crippen molar-refractivity contribution in [3.63, 3.8) is 0 Å². The first kappa shape index (κ1) is 27.9. The molecule has 2 aromatic heterocycles. The Kier molecular flexibility index (Phi) is 7.64. The number of amides is 1. The number of hydrogen-bond donors (Lipinski definition) is 0. The van der Waals surface area contributed by atoms with Gasteiger partial charge in [0.2, 0.25) is 5.91 Å². The summed E-state index contributed by atoms with van der Waals surface area (Å²) in [5.74, 6) is 1.08. The fourth-order valence-electron chi connectivity index (χ4n) is 7.62. The summed E-state index contributed by atoms with van der Waals surface area (Å²) in [5.41, 5.74) is 3.25. The van der Waals surface area contributed by atoms with Crippen molar-refractivity contribution >= 4 is 11.7 Å². The minimum absolute atomic E-state index is 0.0157. The molecule has 4 aliphatic carbocycles. The van der Waals surface area contributed by atoms with Crippen LogP contribution in [0.3, 0.4) is 0 Å². The van der Waals surface area contributed by atoms with Crippen LogP contribution in [0.15, 0.2) is 48.9 Å². The summed E-state index contributed by atoms with van der Waals surface area (Å²) in [7, 11) is 1.51. The average Bonchev–Trinajstić information content (AvgIpc) is 3.52. The van der Waals surface area contributed by atoms with Crippen LogP contribution in [-0.4, -0.2) is 34.3 Å². The maximum Gasteiger partial charge on any atom is 0.231 e. The second kappa shape index (κ2) is 11.2. The number of ether oxygens (including phenoxy) is 1. The summed E-state index contributed by atoms with van der Waals surface area (Å²) in [6, 6.07) is 9.88. The predicted molar refractivity (Wildman–Crippen MR) is 160 cm³/mol. The number of nitrogens with zero attached hydrogens (tertiary/aromatic N) is 4. The molecule has 0 spiro atoms. The molecule has 2 heterocycles. The molecule has 7 heteroatoms. The van der Waals surface area contributed by atoms with Gasteiger partial charge in [-0.1, -0.05) is 25.3 Å². The zero-order valence-electron chi connectivity index (χ0n) is 24.7. The Morgan fingerprint density at radius 3 is 2.41 bits per heavy atom. The van der Waals surface area contributed by atoms with E-state index in [1.807, 2.05) is 28.0 Å². The number of carbonyl (C=O) groups excluding carboxylic acids is 1. The molecule has 3 aromatic rings. The van der Waals surface area contributed by atoms with Gasteiger partial charge in [0.25, 0.3) is 0 Å². The molecule has 6 nitrogen and oxygen atoms in total. The fraction of sp³-hybridized carbons (Fsp3) is 0.559. The van der Waals surface area contributed by atoms with Crippen LogP contribution in [0.4, 0.5) is 10.2 Å². The van der Waals surface area contributed by atoms with Gasteiger partial charge in [0.15, 0.2) is 11.6 Å². The number of benzene rings is 1. The average molecular weight is 559 g/mol. The van der Waals surface area contributed by atoms with Crippen molar-refractivity contribution in [2.24, 2.45) is 11.3 Å². The number of halogens is 1. The van der Waals surface area contributed by atoms with Crippen molar-refractivity contribution < 1.29 is 13.9 Å². The van der Waals surface area contributed by atoms with Gasteiger partial charge in [-0.2, -0.15) is 5.10 Å². The third-order valence-electron chi connectivity index (χ3n) is 10.4. The Balaban J connectivity index is 1.27. The molecule has 4 saturated carbocycles. The van der Waals surface area contributed by atoms with E-state index >= 15 is 0 Å². The highest BCUT2D eigenvalue weighted by molar-refractivity contribution is 5.95. The maximum absolute atomic E-state index is 14.6. The molecule has 0 radical (unpaired) electrons. The van der Waals surface area contributed by atoms with Crippen LogP contribution < -0.4 is 9.64 Å². The third kappa shape index (κ3) is 5.40. The van der Waals surface area contributed by atoms with Crippen LogP contribution in [0.1, 0.15) is 96.1 Å². The van der Waals surface area contributed by atoms with E-state index in [-0.39, 0.29) is 34.5 Å². The number of anilines is 1. The highest BCUT2D eigenvalue weighted by atomic mass is 19.1. The van der Waals surface area contributed by atoms with Crippen molar-refractivity contribution in [3.05, 3.63) is 60.3 Å².